The van der Waals surface area contributed by atoms with E-state index in [4.69, 9.17) is 9.47 Å². The minimum absolute atomic E-state index is 0.0824. The average molecular weight is 561 g/mol. The second kappa shape index (κ2) is 23.6. The second-order valence-corrected chi connectivity index (χ2v) is 12.1. The number of ether oxygens (including phenoxy) is 2. The van der Waals surface area contributed by atoms with Crippen molar-refractivity contribution in [3.8, 4) is 0 Å². The summed E-state index contributed by atoms with van der Waals surface area (Å²) in [7, 11) is 0. The molecule has 1 aromatic carbocycles. The smallest absolute Gasteiger partial charge is 0.408 e. The molecule has 6 nitrogen and oxygen atoms in total. The summed E-state index contributed by atoms with van der Waals surface area (Å²) in [4.78, 5) is 25.1. The van der Waals surface area contributed by atoms with Gasteiger partial charge in [0.25, 0.3) is 0 Å². The molecule has 0 bridgehead atoms. The zero-order chi connectivity index (χ0) is 29.3. The summed E-state index contributed by atoms with van der Waals surface area (Å²) < 4.78 is 11.1. The van der Waals surface area contributed by atoms with Crippen molar-refractivity contribution in [3.63, 3.8) is 0 Å². The highest BCUT2D eigenvalue weighted by molar-refractivity contribution is 5.85. The predicted molar refractivity (Wildman–Crippen MR) is 166 cm³/mol. The molecule has 0 heterocycles. The average Bonchev–Trinajstić information content (AvgIpc) is 2.91. The Morgan fingerprint density at radius 2 is 1.20 bits per heavy atom. The van der Waals surface area contributed by atoms with Gasteiger partial charge in [-0.2, -0.15) is 0 Å². The number of hydrogen-bond donors (Lipinski definition) is 2. The maximum Gasteiger partial charge on any atom is 0.408 e. The van der Waals surface area contributed by atoms with Crippen molar-refractivity contribution in [3.05, 3.63) is 35.9 Å². The molecule has 1 atom stereocenters. The van der Waals surface area contributed by atoms with Crippen LogP contribution in [0.2, 0.25) is 0 Å². The van der Waals surface area contributed by atoms with Gasteiger partial charge < -0.3 is 20.1 Å². The van der Waals surface area contributed by atoms with E-state index < -0.39 is 17.7 Å². The van der Waals surface area contributed by atoms with Crippen molar-refractivity contribution >= 4 is 12.0 Å². The van der Waals surface area contributed by atoms with Crippen LogP contribution in [0.15, 0.2) is 30.3 Å². The Labute approximate surface area is 245 Å². The molecule has 0 aromatic heterocycles. The summed E-state index contributed by atoms with van der Waals surface area (Å²) in [5.41, 5.74) is 0.380. The van der Waals surface area contributed by atoms with E-state index in [1.54, 1.807) is 20.8 Å². The summed E-state index contributed by atoms with van der Waals surface area (Å²) >= 11 is 0. The number of carbonyl (C=O) groups is 2. The first-order chi connectivity index (χ1) is 19.3. The van der Waals surface area contributed by atoms with Crippen LogP contribution in [0.4, 0.5) is 4.79 Å². The number of benzene rings is 1. The quantitative estimate of drug-likeness (QED) is 0.124. The van der Waals surface area contributed by atoms with Crippen LogP contribution in [0.1, 0.15) is 142 Å². The van der Waals surface area contributed by atoms with Gasteiger partial charge in [-0.25, -0.2) is 4.79 Å². The molecule has 2 N–H and O–H groups in total. The Morgan fingerprint density at radius 1 is 0.725 bits per heavy atom. The van der Waals surface area contributed by atoms with Gasteiger partial charge in [0.15, 0.2) is 0 Å². The Balaban J connectivity index is 2.11. The van der Waals surface area contributed by atoms with Crippen molar-refractivity contribution in [1.29, 1.82) is 0 Å². The molecule has 0 spiro atoms. The third-order valence-electron chi connectivity index (χ3n) is 6.98. The van der Waals surface area contributed by atoms with E-state index in [1.807, 2.05) is 30.3 Å². The van der Waals surface area contributed by atoms with E-state index in [0.717, 1.165) is 18.4 Å². The fourth-order valence-corrected chi connectivity index (χ4v) is 4.69. The van der Waals surface area contributed by atoms with E-state index in [2.05, 4.69) is 17.6 Å². The largest absolute Gasteiger partial charge is 0.444 e. The fourth-order valence-electron chi connectivity index (χ4n) is 4.69. The molecule has 0 aliphatic rings. The monoisotopic (exact) mass is 560 g/mol. The van der Waals surface area contributed by atoms with Gasteiger partial charge in [0.05, 0.1) is 13.2 Å². The van der Waals surface area contributed by atoms with Gasteiger partial charge in [-0.15, -0.1) is 0 Å². The van der Waals surface area contributed by atoms with Gasteiger partial charge in [-0.1, -0.05) is 140 Å². The third-order valence-corrected chi connectivity index (χ3v) is 6.98. The van der Waals surface area contributed by atoms with Gasteiger partial charge in [0, 0.05) is 6.54 Å². The standard InChI is InChI=1S/C34H60N2O4/c1-5-6-7-8-9-10-11-12-13-14-15-16-17-18-19-20-24-27-35-32(37)31(36-33(38)40-34(2,3)4)29-39-28-30-25-22-21-23-26-30/h21-23,25-26,31H,5-20,24,27-29H2,1-4H3,(H,35,37)(H,36,38)/t31-/m0/s1. The molecule has 0 saturated heterocycles. The van der Waals surface area contributed by atoms with Crippen LogP contribution < -0.4 is 10.6 Å². The third kappa shape index (κ3) is 21.7. The van der Waals surface area contributed by atoms with Gasteiger partial charge in [-0.3, -0.25) is 4.79 Å². The number of unbranched alkanes of at least 4 members (excludes halogenated alkanes) is 16. The fraction of sp³-hybridized carbons (Fsp3) is 0.765. The van der Waals surface area contributed by atoms with Gasteiger partial charge >= 0.3 is 6.09 Å². The summed E-state index contributed by atoms with van der Waals surface area (Å²) in [6.07, 6.45) is 22.0. The zero-order valence-electron chi connectivity index (χ0n) is 26.2. The highest BCUT2D eigenvalue weighted by Crippen LogP contribution is 2.14. The first kappa shape index (κ1) is 35.9. The predicted octanol–water partition coefficient (Wildman–Crippen LogP) is 8.86. The number of hydrogen-bond acceptors (Lipinski definition) is 4. The maximum atomic E-state index is 12.8. The van der Waals surface area contributed by atoms with Crippen molar-refractivity contribution in [2.75, 3.05) is 13.2 Å². The summed E-state index contributed by atoms with van der Waals surface area (Å²) in [5.74, 6) is -0.240. The summed E-state index contributed by atoms with van der Waals surface area (Å²) in [5, 5.41) is 5.63. The van der Waals surface area contributed by atoms with E-state index in [-0.39, 0.29) is 12.5 Å². The van der Waals surface area contributed by atoms with Crippen LogP contribution >= 0.6 is 0 Å². The molecule has 0 unspecified atom stereocenters. The van der Waals surface area contributed by atoms with Gasteiger partial charge in [0.2, 0.25) is 5.91 Å². The number of nitrogens with one attached hydrogen (secondary N) is 2. The first-order valence-electron chi connectivity index (χ1n) is 16.2. The molecule has 0 fully saturated rings. The number of carbonyl (C=O) groups excluding carboxylic acids is 2. The van der Waals surface area contributed by atoms with Crippen LogP contribution in [0.25, 0.3) is 0 Å². The summed E-state index contributed by atoms with van der Waals surface area (Å²) in [6, 6.07) is 8.97. The molecule has 230 valence electrons. The van der Waals surface area contributed by atoms with Crippen LogP contribution in [0, 0.1) is 0 Å². The van der Waals surface area contributed by atoms with Crippen LogP contribution in [0.3, 0.4) is 0 Å². The molecular weight excluding hydrogens is 500 g/mol. The molecule has 2 amide bonds. The maximum absolute atomic E-state index is 12.8. The minimum Gasteiger partial charge on any atom is -0.444 e. The highest BCUT2D eigenvalue weighted by Gasteiger charge is 2.24. The van der Waals surface area contributed by atoms with Crippen LogP contribution in [-0.4, -0.2) is 36.8 Å². The van der Waals surface area contributed by atoms with Gasteiger partial charge in [-0.05, 0) is 32.8 Å². The van der Waals surface area contributed by atoms with Gasteiger partial charge in [0.1, 0.15) is 11.6 Å². The van der Waals surface area contributed by atoms with Crippen molar-refractivity contribution in [1.82, 2.24) is 10.6 Å². The minimum atomic E-state index is -0.802. The Hall–Kier alpha value is -2.08. The van der Waals surface area contributed by atoms with E-state index in [9.17, 15) is 9.59 Å². The number of amides is 2. The number of alkyl carbamates (subject to hydrolysis) is 1. The Kier molecular flexibility index (Phi) is 21.2. The molecule has 1 aromatic rings. The van der Waals surface area contributed by atoms with E-state index in [1.165, 1.54) is 96.3 Å². The lowest BCUT2D eigenvalue weighted by molar-refractivity contribution is -0.124. The molecular formula is C34H60N2O4. The lowest BCUT2D eigenvalue weighted by atomic mass is 10.0. The molecule has 6 heteroatoms. The molecule has 1 rings (SSSR count). The number of rotatable bonds is 24. The molecule has 0 aliphatic heterocycles. The Bertz CT molecular complexity index is 748. The molecule has 0 radical (unpaired) electrons. The van der Waals surface area contributed by atoms with E-state index >= 15 is 0 Å². The molecule has 0 saturated carbocycles. The first-order valence-corrected chi connectivity index (χ1v) is 16.2. The lowest BCUT2D eigenvalue weighted by Crippen LogP contribution is -2.50. The SMILES string of the molecule is CCCCCCCCCCCCCCCCCCCNC(=O)[C@H](COCc1ccccc1)NC(=O)OC(C)(C)C. The Morgan fingerprint density at radius 3 is 1.68 bits per heavy atom. The zero-order valence-corrected chi connectivity index (χ0v) is 26.2. The normalized spacial score (nSPS) is 12.2. The van der Waals surface area contributed by atoms with Crippen LogP contribution in [-0.2, 0) is 20.9 Å². The summed E-state index contributed by atoms with van der Waals surface area (Å²) in [6.45, 7) is 8.73. The molecule has 0 aliphatic carbocycles. The van der Waals surface area contributed by atoms with Crippen molar-refractivity contribution in [2.24, 2.45) is 0 Å². The molecule has 40 heavy (non-hydrogen) atoms. The van der Waals surface area contributed by atoms with Crippen molar-refractivity contribution in [2.45, 2.75) is 155 Å². The van der Waals surface area contributed by atoms with Crippen molar-refractivity contribution < 1.29 is 19.1 Å². The highest BCUT2D eigenvalue weighted by atomic mass is 16.6. The van der Waals surface area contributed by atoms with E-state index in [0.29, 0.717) is 13.2 Å². The lowest BCUT2D eigenvalue weighted by Gasteiger charge is -2.23. The topological polar surface area (TPSA) is 76.7 Å². The van der Waals surface area contributed by atoms with Crippen LogP contribution in [0.5, 0.6) is 0 Å². The second-order valence-electron chi connectivity index (χ2n) is 12.1.